The SMILES string of the molecule is CC1CN(c2ccc(C(=O)Nc3ccc(Cl)c(NC(=O)c4ccccc4)c3)cn2)CCN1. The van der Waals surface area contributed by atoms with Gasteiger partial charge in [0.2, 0.25) is 0 Å². The summed E-state index contributed by atoms with van der Waals surface area (Å²) in [7, 11) is 0. The van der Waals surface area contributed by atoms with Gasteiger partial charge in [-0.1, -0.05) is 29.8 Å². The Morgan fingerprint density at radius 3 is 2.53 bits per heavy atom. The Labute approximate surface area is 191 Å². The van der Waals surface area contributed by atoms with Crippen LogP contribution in [0.25, 0.3) is 0 Å². The number of piperazine rings is 1. The fourth-order valence-corrected chi connectivity index (χ4v) is 3.70. The van der Waals surface area contributed by atoms with Crippen molar-refractivity contribution in [2.24, 2.45) is 0 Å². The number of hydrogen-bond acceptors (Lipinski definition) is 5. The van der Waals surface area contributed by atoms with Crippen molar-refractivity contribution in [3.8, 4) is 0 Å². The summed E-state index contributed by atoms with van der Waals surface area (Å²) < 4.78 is 0. The standard InChI is InChI=1S/C24H24ClN5O2/c1-16-15-30(12-11-26-16)22-10-7-18(14-27-22)24(32)28-19-8-9-20(25)21(13-19)29-23(31)17-5-3-2-4-6-17/h2-10,13-14,16,26H,11-12,15H2,1H3,(H,28,32)(H,29,31). The highest BCUT2D eigenvalue weighted by atomic mass is 35.5. The first-order valence-corrected chi connectivity index (χ1v) is 10.8. The van der Waals surface area contributed by atoms with Crippen LogP contribution in [0.4, 0.5) is 17.2 Å². The van der Waals surface area contributed by atoms with E-state index in [1.54, 1.807) is 54.7 Å². The van der Waals surface area contributed by atoms with Crippen molar-refractivity contribution < 1.29 is 9.59 Å². The summed E-state index contributed by atoms with van der Waals surface area (Å²) in [4.78, 5) is 31.8. The second-order valence-electron chi connectivity index (χ2n) is 7.68. The van der Waals surface area contributed by atoms with Gasteiger partial charge < -0.3 is 20.9 Å². The molecule has 4 rings (SSSR count). The molecule has 2 aromatic carbocycles. The average molecular weight is 450 g/mol. The number of carbonyl (C=O) groups excluding carboxylic acids is 2. The monoisotopic (exact) mass is 449 g/mol. The molecule has 1 unspecified atom stereocenters. The van der Waals surface area contributed by atoms with E-state index in [0.29, 0.717) is 33.6 Å². The lowest BCUT2D eigenvalue weighted by Crippen LogP contribution is -2.49. The van der Waals surface area contributed by atoms with Crippen LogP contribution in [-0.4, -0.2) is 42.5 Å². The van der Waals surface area contributed by atoms with Crippen molar-refractivity contribution >= 4 is 40.6 Å². The molecule has 0 radical (unpaired) electrons. The molecule has 1 aliphatic heterocycles. The Bertz CT molecular complexity index is 1110. The third kappa shape index (κ3) is 5.25. The molecule has 0 bridgehead atoms. The number of pyridine rings is 1. The van der Waals surface area contributed by atoms with Crippen LogP contribution in [0, 0.1) is 0 Å². The molecular formula is C24H24ClN5O2. The first-order valence-electron chi connectivity index (χ1n) is 10.4. The van der Waals surface area contributed by atoms with Gasteiger partial charge in [0.05, 0.1) is 16.3 Å². The maximum absolute atomic E-state index is 12.7. The molecule has 2 heterocycles. The number of hydrogen-bond donors (Lipinski definition) is 3. The maximum atomic E-state index is 12.7. The van der Waals surface area contributed by atoms with Crippen LogP contribution < -0.4 is 20.9 Å². The largest absolute Gasteiger partial charge is 0.354 e. The van der Waals surface area contributed by atoms with E-state index >= 15 is 0 Å². The molecule has 1 aliphatic rings. The molecule has 0 spiro atoms. The number of nitrogens with zero attached hydrogens (tertiary/aromatic N) is 2. The number of nitrogens with one attached hydrogen (secondary N) is 3. The zero-order valence-electron chi connectivity index (χ0n) is 17.6. The third-order valence-corrected chi connectivity index (χ3v) is 5.54. The van der Waals surface area contributed by atoms with Gasteiger partial charge >= 0.3 is 0 Å². The summed E-state index contributed by atoms with van der Waals surface area (Å²) in [5.41, 5.74) is 1.90. The summed E-state index contributed by atoms with van der Waals surface area (Å²) >= 11 is 6.24. The van der Waals surface area contributed by atoms with Crippen LogP contribution in [0.5, 0.6) is 0 Å². The van der Waals surface area contributed by atoms with Crippen molar-refractivity contribution in [2.45, 2.75) is 13.0 Å². The molecule has 3 N–H and O–H groups in total. The third-order valence-electron chi connectivity index (χ3n) is 5.21. The zero-order chi connectivity index (χ0) is 22.5. The molecule has 3 aromatic rings. The minimum absolute atomic E-state index is 0.280. The second kappa shape index (κ2) is 9.80. The molecule has 1 atom stereocenters. The van der Waals surface area contributed by atoms with Crippen molar-refractivity contribution in [2.75, 3.05) is 35.2 Å². The van der Waals surface area contributed by atoms with E-state index in [1.807, 2.05) is 12.1 Å². The predicted octanol–water partition coefficient (Wildman–Crippen LogP) is 4.04. The molecule has 164 valence electrons. The number of amides is 2. The van der Waals surface area contributed by atoms with Crippen LogP contribution >= 0.6 is 11.6 Å². The number of anilines is 3. The van der Waals surface area contributed by atoms with Crippen LogP contribution in [0.1, 0.15) is 27.6 Å². The normalized spacial score (nSPS) is 15.8. The molecule has 32 heavy (non-hydrogen) atoms. The predicted molar refractivity (Wildman–Crippen MR) is 128 cm³/mol. The Balaban J connectivity index is 1.43. The zero-order valence-corrected chi connectivity index (χ0v) is 18.4. The van der Waals surface area contributed by atoms with Gasteiger partial charge in [0, 0.05) is 43.1 Å². The van der Waals surface area contributed by atoms with Gasteiger partial charge in [-0.05, 0) is 49.4 Å². The fraction of sp³-hybridized carbons (Fsp3) is 0.208. The fourth-order valence-electron chi connectivity index (χ4n) is 3.53. The molecule has 7 nitrogen and oxygen atoms in total. The number of benzene rings is 2. The lowest BCUT2D eigenvalue weighted by Gasteiger charge is -2.32. The van der Waals surface area contributed by atoms with E-state index in [1.165, 1.54) is 0 Å². The number of rotatable bonds is 5. The van der Waals surface area contributed by atoms with Gasteiger partial charge in [0.1, 0.15) is 5.82 Å². The van der Waals surface area contributed by atoms with Crippen molar-refractivity contribution in [1.29, 1.82) is 0 Å². The molecule has 1 saturated heterocycles. The lowest BCUT2D eigenvalue weighted by atomic mass is 10.2. The van der Waals surface area contributed by atoms with E-state index in [-0.39, 0.29) is 11.8 Å². The van der Waals surface area contributed by atoms with E-state index < -0.39 is 0 Å². The summed E-state index contributed by atoms with van der Waals surface area (Å²) in [5.74, 6) is 0.283. The van der Waals surface area contributed by atoms with Crippen molar-refractivity contribution in [1.82, 2.24) is 10.3 Å². The minimum Gasteiger partial charge on any atom is -0.354 e. The highest BCUT2D eigenvalue weighted by molar-refractivity contribution is 6.34. The van der Waals surface area contributed by atoms with Gasteiger partial charge in [-0.25, -0.2) is 4.98 Å². The first kappa shape index (κ1) is 21.8. The molecule has 1 aromatic heterocycles. The van der Waals surface area contributed by atoms with E-state index in [9.17, 15) is 9.59 Å². The van der Waals surface area contributed by atoms with Gasteiger partial charge in [0.25, 0.3) is 11.8 Å². The first-order chi connectivity index (χ1) is 15.5. The van der Waals surface area contributed by atoms with Gasteiger partial charge in [-0.3, -0.25) is 9.59 Å². The van der Waals surface area contributed by atoms with Crippen LogP contribution in [0.2, 0.25) is 5.02 Å². The smallest absolute Gasteiger partial charge is 0.257 e. The summed E-state index contributed by atoms with van der Waals surface area (Å²) in [6.07, 6.45) is 1.57. The highest BCUT2D eigenvalue weighted by Gasteiger charge is 2.17. The number of carbonyl (C=O) groups is 2. The maximum Gasteiger partial charge on any atom is 0.257 e. The van der Waals surface area contributed by atoms with Crippen molar-refractivity contribution in [3.63, 3.8) is 0 Å². The molecular weight excluding hydrogens is 426 g/mol. The Kier molecular flexibility index (Phi) is 6.68. The second-order valence-corrected chi connectivity index (χ2v) is 8.08. The van der Waals surface area contributed by atoms with Gasteiger partial charge in [0.15, 0.2) is 0 Å². The van der Waals surface area contributed by atoms with Crippen molar-refractivity contribution in [3.05, 3.63) is 83.0 Å². The average Bonchev–Trinajstić information content (AvgIpc) is 2.82. The topological polar surface area (TPSA) is 86.4 Å². The molecule has 8 heteroatoms. The number of halogens is 1. The minimum atomic E-state index is -0.291. The molecule has 1 fully saturated rings. The molecule has 2 amide bonds. The van der Waals surface area contributed by atoms with E-state index in [4.69, 9.17) is 11.6 Å². The van der Waals surface area contributed by atoms with Crippen LogP contribution in [0.15, 0.2) is 66.9 Å². The Morgan fingerprint density at radius 2 is 1.81 bits per heavy atom. The van der Waals surface area contributed by atoms with E-state index in [2.05, 4.69) is 32.8 Å². The number of aromatic nitrogens is 1. The highest BCUT2D eigenvalue weighted by Crippen LogP contribution is 2.26. The summed E-state index contributed by atoms with van der Waals surface area (Å²) in [5, 5.41) is 9.39. The van der Waals surface area contributed by atoms with Gasteiger partial charge in [-0.15, -0.1) is 0 Å². The summed E-state index contributed by atoms with van der Waals surface area (Å²) in [6.45, 7) is 4.80. The Hall–Kier alpha value is -3.42. The lowest BCUT2D eigenvalue weighted by molar-refractivity contribution is 0.101. The molecule has 0 saturated carbocycles. The Morgan fingerprint density at radius 1 is 1.03 bits per heavy atom. The summed E-state index contributed by atoms with van der Waals surface area (Å²) in [6, 6.07) is 17.8. The quantitative estimate of drug-likeness (QED) is 0.547. The van der Waals surface area contributed by atoms with Gasteiger partial charge in [-0.2, -0.15) is 0 Å². The van der Waals surface area contributed by atoms with E-state index in [0.717, 1.165) is 25.5 Å². The molecule has 0 aliphatic carbocycles. The van der Waals surface area contributed by atoms with Crippen LogP contribution in [0.3, 0.4) is 0 Å². The van der Waals surface area contributed by atoms with Crippen LogP contribution in [-0.2, 0) is 0 Å².